The van der Waals surface area contributed by atoms with Crippen LogP contribution in [0.5, 0.6) is 0 Å². The van der Waals surface area contributed by atoms with E-state index in [0.717, 1.165) is 12.2 Å². The van der Waals surface area contributed by atoms with Gasteiger partial charge in [-0.15, -0.1) is 17.0 Å². The number of anilines is 1. The van der Waals surface area contributed by atoms with Gasteiger partial charge >= 0.3 is 0 Å². The molecule has 3 heterocycles. The molecule has 6 N–H and O–H groups in total. The number of nitriles is 1. The van der Waals surface area contributed by atoms with E-state index < -0.39 is 30.6 Å². The first-order chi connectivity index (χ1) is 12.9. The number of nitrogens with two attached hydrogens (primary N) is 2. The second-order valence-electron chi connectivity index (χ2n) is 6.66. The van der Waals surface area contributed by atoms with Crippen molar-refractivity contribution in [1.82, 2.24) is 19.5 Å². The molecule has 0 saturated carbocycles. The fourth-order valence-corrected chi connectivity index (χ4v) is 4.79. The largest absolute Gasteiger partial charge is 1.00 e. The van der Waals surface area contributed by atoms with Crippen molar-refractivity contribution in [3.63, 3.8) is 0 Å². The van der Waals surface area contributed by atoms with Crippen LogP contribution in [0.1, 0.15) is 19.1 Å². The third kappa shape index (κ3) is 5.78. The summed E-state index contributed by atoms with van der Waals surface area (Å²) in [6.45, 7) is 0. The van der Waals surface area contributed by atoms with Crippen LogP contribution in [0.3, 0.4) is 0 Å². The highest BCUT2D eigenvalue weighted by atomic mass is 79.9. The summed E-state index contributed by atoms with van der Waals surface area (Å²) in [6.07, 6.45) is 2.95. The molecule has 13 heteroatoms. The number of fused-ring (bicyclic) bond motifs is 1. The van der Waals surface area contributed by atoms with Crippen LogP contribution in [0.25, 0.3) is 11.2 Å². The minimum absolute atomic E-state index is 0. The van der Waals surface area contributed by atoms with E-state index in [1.165, 1.54) is 12.7 Å². The van der Waals surface area contributed by atoms with Crippen molar-refractivity contribution >= 4 is 44.9 Å². The average molecular weight is 555 g/mol. The molecule has 0 aliphatic carbocycles. The summed E-state index contributed by atoms with van der Waals surface area (Å²) in [4.78, 5) is 12.2. The maximum atomic E-state index is 10.5. The number of rotatable bonds is 7. The van der Waals surface area contributed by atoms with Crippen LogP contribution in [0.2, 0.25) is 0 Å². The number of ether oxygens (including phenoxy) is 1. The van der Waals surface area contributed by atoms with Crippen LogP contribution < -0.4 is 28.4 Å². The van der Waals surface area contributed by atoms with E-state index >= 15 is 0 Å². The van der Waals surface area contributed by atoms with Crippen molar-refractivity contribution in [2.75, 3.05) is 23.5 Å². The van der Waals surface area contributed by atoms with E-state index in [9.17, 15) is 10.2 Å². The number of hydrogen-bond acceptors (Lipinski definition) is 9. The van der Waals surface area contributed by atoms with E-state index in [1.807, 2.05) is 6.07 Å². The molecule has 3 rings (SSSR count). The van der Waals surface area contributed by atoms with Gasteiger partial charge in [-0.1, -0.05) is 0 Å². The molecule has 2 aromatic rings. The Balaban J connectivity index is 0.00000210. The van der Waals surface area contributed by atoms with Crippen molar-refractivity contribution in [3.05, 3.63) is 12.7 Å². The lowest BCUT2D eigenvalue weighted by Crippen LogP contribution is -3.00. The van der Waals surface area contributed by atoms with Crippen molar-refractivity contribution in [2.45, 2.75) is 43.4 Å². The number of nitrogen functional groups attached to an aromatic ring is 1. The molecule has 0 aromatic carbocycles. The highest BCUT2D eigenvalue weighted by Gasteiger charge is 2.46. The topological polar surface area (TPSA) is 169 Å². The van der Waals surface area contributed by atoms with Gasteiger partial charge in [0.15, 0.2) is 17.7 Å². The van der Waals surface area contributed by atoms with E-state index in [4.69, 9.17) is 21.5 Å². The van der Waals surface area contributed by atoms with Gasteiger partial charge in [0.2, 0.25) is 0 Å². The Morgan fingerprint density at radius 1 is 1.34 bits per heavy atom. The standard InChI is InChI=1S/C16H24N7O3S.2BrH/c1-27(4-2-3-9(18)5-17)6-10-12(24)13(25)16(26-10)23-8-22-11-14(19)20-7-21-15(11)23;;/h7-10,12-13,16,24-25H,2-4,6,18H2,1H3,(H2,19,20,21);2*1H/q+1;;/p-1/t9?,10-,12-,13-,16-,27?;;/m1../s1. The summed E-state index contributed by atoms with van der Waals surface area (Å²) in [7, 11) is -0.0380. The number of imidazole rings is 1. The Morgan fingerprint density at radius 2 is 2.07 bits per heavy atom. The van der Waals surface area contributed by atoms with Crippen LogP contribution in [0.15, 0.2) is 12.7 Å². The first-order valence-corrected chi connectivity index (χ1v) is 10.6. The van der Waals surface area contributed by atoms with Crippen molar-refractivity contribution in [3.8, 4) is 6.07 Å². The molecule has 162 valence electrons. The SMILES string of the molecule is Br.C[S+](CCCC(N)C#N)C[C@H]1O[C@@H](n2cnc3c(N)ncnc32)[C@H](O)[C@@H]1O.[Br-]. The van der Waals surface area contributed by atoms with Gasteiger partial charge in [-0.2, -0.15) is 5.26 Å². The fourth-order valence-electron chi connectivity index (χ4n) is 3.13. The molecule has 1 saturated heterocycles. The zero-order chi connectivity index (χ0) is 19.6. The Kier molecular flexibility index (Phi) is 10.2. The number of hydrogen-bond donors (Lipinski definition) is 4. The molecule has 10 nitrogen and oxygen atoms in total. The molecular weight excluding hydrogens is 530 g/mol. The molecule has 1 aliphatic heterocycles. The Morgan fingerprint density at radius 3 is 2.76 bits per heavy atom. The minimum Gasteiger partial charge on any atom is -1.00 e. The summed E-state index contributed by atoms with van der Waals surface area (Å²) >= 11 is 0. The number of halogens is 2. The number of aliphatic hydroxyl groups excluding tert-OH is 2. The number of aliphatic hydroxyl groups is 2. The van der Waals surface area contributed by atoms with Gasteiger partial charge in [-0.3, -0.25) is 4.57 Å². The van der Waals surface area contributed by atoms with Crippen LogP contribution in [0.4, 0.5) is 5.82 Å². The first kappa shape index (κ1) is 26.0. The van der Waals surface area contributed by atoms with Gasteiger partial charge in [0, 0.05) is 0 Å². The quantitative estimate of drug-likeness (QED) is 0.253. The Labute approximate surface area is 192 Å². The van der Waals surface area contributed by atoms with Crippen LogP contribution >= 0.6 is 17.0 Å². The van der Waals surface area contributed by atoms with Crippen molar-refractivity contribution in [2.24, 2.45) is 5.73 Å². The van der Waals surface area contributed by atoms with Crippen LogP contribution in [-0.4, -0.2) is 71.8 Å². The average Bonchev–Trinajstić information content (AvgIpc) is 3.19. The molecule has 1 aliphatic rings. The fraction of sp³-hybridized carbons (Fsp3) is 0.625. The maximum absolute atomic E-state index is 10.5. The van der Waals surface area contributed by atoms with Crippen molar-refractivity contribution < 1.29 is 31.9 Å². The van der Waals surface area contributed by atoms with Gasteiger partial charge in [-0.25, -0.2) is 15.0 Å². The molecule has 0 amide bonds. The molecule has 6 atom stereocenters. The Hall–Kier alpha value is -1.01. The normalized spacial score (nSPS) is 25.6. The lowest BCUT2D eigenvalue weighted by atomic mass is 10.1. The van der Waals surface area contributed by atoms with Crippen LogP contribution in [-0.2, 0) is 15.6 Å². The minimum atomic E-state index is -1.10. The molecular formula is C16H25Br2N7O3S. The van der Waals surface area contributed by atoms with E-state index in [0.29, 0.717) is 23.3 Å². The maximum Gasteiger partial charge on any atom is 0.167 e. The number of aromatic nitrogens is 4. The summed E-state index contributed by atoms with van der Waals surface area (Å²) in [5.41, 5.74) is 12.3. The molecule has 29 heavy (non-hydrogen) atoms. The van der Waals surface area contributed by atoms with Gasteiger partial charge in [-0.05, 0) is 23.7 Å². The molecule has 0 radical (unpaired) electrons. The first-order valence-electron chi connectivity index (χ1n) is 8.61. The third-order valence-electron chi connectivity index (χ3n) is 4.62. The molecule has 0 spiro atoms. The Bertz CT molecular complexity index is 836. The summed E-state index contributed by atoms with van der Waals surface area (Å²) in [5.74, 6) is 1.75. The molecule has 2 unspecified atom stereocenters. The van der Waals surface area contributed by atoms with Gasteiger partial charge in [0.1, 0.15) is 41.7 Å². The van der Waals surface area contributed by atoms with Gasteiger partial charge in [0.25, 0.3) is 0 Å². The highest BCUT2D eigenvalue weighted by Crippen LogP contribution is 2.32. The van der Waals surface area contributed by atoms with Crippen molar-refractivity contribution in [1.29, 1.82) is 5.26 Å². The van der Waals surface area contributed by atoms with Gasteiger partial charge in [0.05, 0.1) is 24.7 Å². The second kappa shape index (κ2) is 11.4. The molecule has 2 aromatic heterocycles. The zero-order valence-corrected chi connectivity index (χ0v) is 19.9. The third-order valence-corrected chi connectivity index (χ3v) is 6.50. The lowest BCUT2D eigenvalue weighted by molar-refractivity contribution is -0.0290. The van der Waals surface area contributed by atoms with E-state index in [1.54, 1.807) is 4.57 Å². The summed E-state index contributed by atoms with van der Waals surface area (Å²) in [6, 6.07) is 1.58. The predicted molar refractivity (Wildman–Crippen MR) is 112 cm³/mol. The lowest BCUT2D eigenvalue weighted by Gasteiger charge is -2.16. The second-order valence-corrected chi connectivity index (χ2v) is 8.96. The van der Waals surface area contributed by atoms with E-state index in [2.05, 4.69) is 21.2 Å². The highest BCUT2D eigenvalue weighted by molar-refractivity contribution is 8.93. The van der Waals surface area contributed by atoms with Gasteiger partial charge < -0.3 is 43.4 Å². The van der Waals surface area contributed by atoms with E-state index in [-0.39, 0.29) is 50.7 Å². The van der Waals surface area contributed by atoms with Crippen LogP contribution in [0, 0.1) is 11.3 Å². The predicted octanol–water partition coefficient (Wildman–Crippen LogP) is -3.51. The zero-order valence-electron chi connectivity index (χ0n) is 15.8. The number of nitrogens with zero attached hydrogens (tertiary/aromatic N) is 5. The smallest absolute Gasteiger partial charge is 0.167 e. The monoisotopic (exact) mass is 553 g/mol. The molecule has 1 fully saturated rings. The molecule has 0 bridgehead atoms. The summed E-state index contributed by atoms with van der Waals surface area (Å²) < 4.78 is 7.52. The summed E-state index contributed by atoms with van der Waals surface area (Å²) in [5, 5.41) is 29.6.